The van der Waals surface area contributed by atoms with Gasteiger partial charge in [0.05, 0.1) is 5.69 Å². The first-order valence-electron chi connectivity index (χ1n) is 8.10. The second kappa shape index (κ2) is 6.47. The van der Waals surface area contributed by atoms with Crippen molar-refractivity contribution >= 4 is 17.3 Å². The minimum absolute atomic E-state index is 0.163. The number of hydrogen-bond acceptors (Lipinski definition) is 4. The number of nitrogens with one attached hydrogen (secondary N) is 2. The molecule has 0 bridgehead atoms. The van der Waals surface area contributed by atoms with Crippen molar-refractivity contribution in [2.75, 3.05) is 10.6 Å². The number of rotatable bonds is 5. The maximum atomic E-state index is 13.9. The summed E-state index contributed by atoms with van der Waals surface area (Å²) in [5.74, 6) is 0.378. The average molecular weight is 338 g/mol. The Morgan fingerprint density at radius 3 is 2.36 bits per heavy atom. The summed E-state index contributed by atoms with van der Waals surface area (Å²) in [6, 6.07) is 15.1. The van der Waals surface area contributed by atoms with Gasteiger partial charge in [0.1, 0.15) is 23.3 Å². The van der Waals surface area contributed by atoms with Gasteiger partial charge >= 0.3 is 0 Å². The Morgan fingerprint density at radius 1 is 0.880 bits per heavy atom. The first kappa shape index (κ1) is 15.5. The molecule has 1 aromatic heterocycles. The highest BCUT2D eigenvalue weighted by Gasteiger charge is 2.22. The zero-order valence-electron chi connectivity index (χ0n) is 13.3. The molecule has 2 N–H and O–H groups in total. The molecule has 1 aliphatic rings. The average Bonchev–Trinajstić information content (AvgIpc) is 3.42. The van der Waals surface area contributed by atoms with Gasteiger partial charge in [-0.2, -0.15) is 0 Å². The van der Waals surface area contributed by atoms with E-state index < -0.39 is 11.6 Å². The molecule has 4 nitrogen and oxygen atoms in total. The van der Waals surface area contributed by atoms with Crippen LogP contribution in [0.5, 0.6) is 0 Å². The van der Waals surface area contributed by atoms with Gasteiger partial charge < -0.3 is 10.6 Å². The normalized spacial score (nSPS) is 13.5. The molecule has 0 radical (unpaired) electrons. The largest absolute Gasteiger partial charge is 0.367 e. The number of aromatic nitrogens is 2. The van der Waals surface area contributed by atoms with Crippen molar-refractivity contribution < 1.29 is 8.78 Å². The van der Waals surface area contributed by atoms with E-state index in [4.69, 9.17) is 0 Å². The molecular weight excluding hydrogens is 322 g/mol. The minimum atomic E-state index is -0.670. The van der Waals surface area contributed by atoms with Crippen LogP contribution in [0.3, 0.4) is 0 Å². The molecule has 4 rings (SSSR count). The van der Waals surface area contributed by atoms with Crippen molar-refractivity contribution in [1.82, 2.24) is 9.97 Å². The molecule has 6 heteroatoms. The first-order chi connectivity index (χ1) is 12.2. The topological polar surface area (TPSA) is 49.8 Å². The van der Waals surface area contributed by atoms with Crippen molar-refractivity contribution in [3.8, 4) is 11.4 Å². The van der Waals surface area contributed by atoms with Crippen molar-refractivity contribution in [3.05, 3.63) is 66.2 Å². The molecule has 0 saturated heterocycles. The van der Waals surface area contributed by atoms with E-state index in [1.807, 2.05) is 30.3 Å². The van der Waals surface area contributed by atoms with Gasteiger partial charge in [0.15, 0.2) is 5.82 Å². The molecule has 3 aromatic rings. The molecule has 1 fully saturated rings. The van der Waals surface area contributed by atoms with Crippen molar-refractivity contribution in [2.45, 2.75) is 18.9 Å². The zero-order valence-corrected chi connectivity index (χ0v) is 13.3. The molecule has 1 aliphatic carbocycles. The lowest BCUT2D eigenvalue weighted by Gasteiger charge is -2.12. The van der Waals surface area contributed by atoms with E-state index in [1.54, 1.807) is 6.07 Å². The highest BCUT2D eigenvalue weighted by molar-refractivity contribution is 5.65. The quantitative estimate of drug-likeness (QED) is 0.705. The highest BCUT2D eigenvalue weighted by atomic mass is 19.1. The third-order valence-electron chi connectivity index (χ3n) is 3.88. The fraction of sp³-hybridized carbons (Fsp3) is 0.158. The van der Waals surface area contributed by atoms with Crippen LogP contribution in [-0.4, -0.2) is 16.0 Å². The summed E-state index contributed by atoms with van der Waals surface area (Å²) in [6.07, 6.45) is 2.22. The number of anilines is 3. The van der Waals surface area contributed by atoms with Crippen molar-refractivity contribution in [1.29, 1.82) is 0 Å². The lowest BCUT2D eigenvalue weighted by Crippen LogP contribution is -2.07. The molecule has 2 aromatic carbocycles. The number of hydrogen-bond donors (Lipinski definition) is 2. The Balaban J connectivity index is 1.70. The van der Waals surface area contributed by atoms with Gasteiger partial charge in [-0.3, -0.25) is 0 Å². The van der Waals surface area contributed by atoms with Crippen LogP contribution in [-0.2, 0) is 0 Å². The van der Waals surface area contributed by atoms with E-state index in [2.05, 4.69) is 20.6 Å². The minimum Gasteiger partial charge on any atom is -0.367 e. The van der Waals surface area contributed by atoms with Crippen LogP contribution in [0.2, 0.25) is 0 Å². The van der Waals surface area contributed by atoms with Crippen LogP contribution in [0.1, 0.15) is 12.8 Å². The Hall–Kier alpha value is -3.02. The van der Waals surface area contributed by atoms with Crippen LogP contribution in [0.15, 0.2) is 54.6 Å². The summed E-state index contributed by atoms with van der Waals surface area (Å²) in [5.41, 5.74) is 1.03. The van der Waals surface area contributed by atoms with Gasteiger partial charge in [0.2, 0.25) is 0 Å². The fourth-order valence-electron chi connectivity index (χ4n) is 2.47. The monoisotopic (exact) mass is 338 g/mol. The predicted octanol–water partition coefficient (Wildman–Crippen LogP) is 4.74. The van der Waals surface area contributed by atoms with Crippen LogP contribution in [0, 0.1) is 11.6 Å². The van der Waals surface area contributed by atoms with Crippen LogP contribution >= 0.6 is 0 Å². The number of benzene rings is 2. The summed E-state index contributed by atoms with van der Waals surface area (Å²) in [5, 5.41) is 6.24. The van der Waals surface area contributed by atoms with Gasteiger partial charge in [-0.05, 0) is 25.0 Å². The zero-order chi connectivity index (χ0) is 17.2. The lowest BCUT2D eigenvalue weighted by molar-refractivity contribution is 0.586. The van der Waals surface area contributed by atoms with Crippen LogP contribution in [0.25, 0.3) is 11.4 Å². The Kier molecular flexibility index (Phi) is 4.01. The predicted molar refractivity (Wildman–Crippen MR) is 93.8 cm³/mol. The summed E-state index contributed by atoms with van der Waals surface area (Å²) < 4.78 is 27.0. The number of nitrogens with zero attached hydrogens (tertiary/aromatic N) is 2. The van der Waals surface area contributed by atoms with Gasteiger partial charge in [0.25, 0.3) is 0 Å². The van der Waals surface area contributed by atoms with Crippen molar-refractivity contribution in [3.63, 3.8) is 0 Å². The molecule has 0 atom stereocenters. The Labute approximate surface area is 144 Å². The van der Waals surface area contributed by atoms with E-state index in [-0.39, 0.29) is 5.69 Å². The highest BCUT2D eigenvalue weighted by Crippen LogP contribution is 2.28. The maximum Gasteiger partial charge on any atom is 0.163 e. The third kappa shape index (κ3) is 3.74. The summed E-state index contributed by atoms with van der Waals surface area (Å²) in [4.78, 5) is 9.01. The standard InChI is InChI=1S/C19H16F2N4/c20-13-6-9-16(15(21)10-13)23-18-11-17(22-14-7-8-14)24-19(25-18)12-4-2-1-3-5-12/h1-6,9-11,14H,7-8H2,(H2,22,23,24,25). The number of halogens is 2. The molecular formula is C19H16F2N4. The molecule has 0 spiro atoms. The van der Waals surface area contributed by atoms with Crippen LogP contribution < -0.4 is 10.6 Å². The van der Waals surface area contributed by atoms with Gasteiger partial charge in [-0.25, -0.2) is 18.7 Å². The van der Waals surface area contributed by atoms with Gasteiger partial charge in [-0.1, -0.05) is 30.3 Å². The molecule has 25 heavy (non-hydrogen) atoms. The first-order valence-corrected chi connectivity index (χ1v) is 8.10. The summed E-state index contributed by atoms with van der Waals surface area (Å²) in [7, 11) is 0. The molecule has 0 amide bonds. The Bertz CT molecular complexity index is 895. The molecule has 1 saturated carbocycles. The van der Waals surface area contributed by atoms with Crippen molar-refractivity contribution in [2.24, 2.45) is 0 Å². The van der Waals surface area contributed by atoms with E-state index in [0.29, 0.717) is 23.5 Å². The smallest absolute Gasteiger partial charge is 0.163 e. The fourth-order valence-corrected chi connectivity index (χ4v) is 2.47. The second-order valence-electron chi connectivity index (χ2n) is 6.00. The molecule has 0 aliphatic heterocycles. The lowest BCUT2D eigenvalue weighted by atomic mass is 10.2. The molecule has 1 heterocycles. The van der Waals surface area contributed by atoms with Gasteiger partial charge in [0, 0.05) is 23.7 Å². The second-order valence-corrected chi connectivity index (χ2v) is 6.00. The van der Waals surface area contributed by atoms with Gasteiger partial charge in [-0.15, -0.1) is 0 Å². The van der Waals surface area contributed by atoms with E-state index in [9.17, 15) is 8.78 Å². The molecule has 0 unspecified atom stereocenters. The molecule has 126 valence electrons. The summed E-state index contributed by atoms with van der Waals surface area (Å²) >= 11 is 0. The summed E-state index contributed by atoms with van der Waals surface area (Å²) in [6.45, 7) is 0. The van der Waals surface area contributed by atoms with E-state index in [0.717, 1.165) is 24.5 Å². The van der Waals surface area contributed by atoms with Crippen LogP contribution in [0.4, 0.5) is 26.1 Å². The van der Waals surface area contributed by atoms with E-state index >= 15 is 0 Å². The Morgan fingerprint density at radius 2 is 1.64 bits per heavy atom. The SMILES string of the molecule is Fc1ccc(Nc2cc(NC3CC3)nc(-c3ccccc3)n2)c(F)c1. The maximum absolute atomic E-state index is 13.9. The third-order valence-corrected chi connectivity index (χ3v) is 3.88. The van der Waals surface area contributed by atoms with E-state index in [1.165, 1.54) is 12.1 Å².